The van der Waals surface area contributed by atoms with Crippen LogP contribution in [0.1, 0.15) is 38.4 Å². The second kappa shape index (κ2) is 6.79. The van der Waals surface area contributed by atoms with Crippen molar-refractivity contribution in [2.24, 2.45) is 7.05 Å². The molecular formula is C16H31N5. The first-order valence-electron chi connectivity index (χ1n) is 8.11. The Morgan fingerprint density at radius 3 is 2.67 bits per heavy atom. The molecule has 5 heteroatoms. The summed E-state index contributed by atoms with van der Waals surface area (Å²) < 4.78 is 2.06. The number of aryl methyl sites for hydroxylation is 2. The van der Waals surface area contributed by atoms with Crippen molar-refractivity contribution in [3.8, 4) is 0 Å². The maximum Gasteiger partial charge on any atom is 0.131 e. The van der Waals surface area contributed by atoms with Crippen LogP contribution in [0.15, 0.2) is 0 Å². The fourth-order valence-electron chi connectivity index (χ4n) is 3.25. The molecule has 2 heterocycles. The topological polar surface area (TPSA) is 36.3 Å². The van der Waals surface area contributed by atoms with Gasteiger partial charge in [0.15, 0.2) is 0 Å². The van der Waals surface area contributed by atoms with Crippen molar-refractivity contribution in [1.82, 2.24) is 20.0 Å². The zero-order valence-electron chi connectivity index (χ0n) is 14.5. The highest BCUT2D eigenvalue weighted by molar-refractivity contribution is 5.51. The Morgan fingerprint density at radius 2 is 2.00 bits per heavy atom. The standard InChI is InChI=1S/C16H31N5/c1-12(2)17-10-15-14(4)18-20(6)16(15)21-9-7-8-19(5)11-13(21)3/h12-13,17H,7-11H2,1-6H3. The summed E-state index contributed by atoms with van der Waals surface area (Å²) in [5, 5.41) is 8.21. The van der Waals surface area contributed by atoms with Gasteiger partial charge < -0.3 is 15.1 Å². The first-order chi connectivity index (χ1) is 9.90. The van der Waals surface area contributed by atoms with E-state index in [-0.39, 0.29) is 0 Å². The predicted octanol–water partition coefficient (Wildman–Crippen LogP) is 1.76. The van der Waals surface area contributed by atoms with E-state index in [1.807, 2.05) is 0 Å². The summed E-state index contributed by atoms with van der Waals surface area (Å²) in [6.45, 7) is 13.1. The van der Waals surface area contributed by atoms with Crippen LogP contribution in [-0.4, -0.2) is 53.4 Å². The van der Waals surface area contributed by atoms with Gasteiger partial charge in [-0.05, 0) is 33.9 Å². The molecule has 0 amide bonds. The van der Waals surface area contributed by atoms with Crippen molar-refractivity contribution in [3.05, 3.63) is 11.3 Å². The van der Waals surface area contributed by atoms with E-state index in [2.05, 4.69) is 66.7 Å². The van der Waals surface area contributed by atoms with Gasteiger partial charge >= 0.3 is 0 Å². The first kappa shape index (κ1) is 16.3. The van der Waals surface area contributed by atoms with Crippen molar-refractivity contribution in [1.29, 1.82) is 0 Å². The van der Waals surface area contributed by atoms with Gasteiger partial charge in [0.1, 0.15) is 5.82 Å². The largest absolute Gasteiger partial charge is 0.353 e. The molecule has 1 N–H and O–H groups in total. The SMILES string of the molecule is Cc1nn(C)c(N2CCCN(C)CC2C)c1CNC(C)C. The van der Waals surface area contributed by atoms with E-state index in [0.29, 0.717) is 12.1 Å². The van der Waals surface area contributed by atoms with Crippen LogP contribution in [0.4, 0.5) is 5.82 Å². The number of nitrogens with one attached hydrogen (secondary N) is 1. The first-order valence-corrected chi connectivity index (χ1v) is 8.11. The molecule has 0 radical (unpaired) electrons. The number of anilines is 1. The van der Waals surface area contributed by atoms with Gasteiger partial charge in [0.25, 0.3) is 0 Å². The van der Waals surface area contributed by atoms with Crippen molar-refractivity contribution in [2.75, 3.05) is 31.6 Å². The molecule has 0 aliphatic carbocycles. The predicted molar refractivity (Wildman–Crippen MR) is 88.8 cm³/mol. The fourth-order valence-corrected chi connectivity index (χ4v) is 3.25. The molecular weight excluding hydrogens is 262 g/mol. The molecule has 1 aromatic heterocycles. The van der Waals surface area contributed by atoms with E-state index >= 15 is 0 Å². The Labute approximate surface area is 129 Å². The van der Waals surface area contributed by atoms with Crippen molar-refractivity contribution < 1.29 is 0 Å². The number of hydrogen-bond acceptors (Lipinski definition) is 4. The number of likely N-dealkylation sites (N-methyl/N-ethyl adjacent to an activating group) is 1. The minimum absolute atomic E-state index is 0.491. The summed E-state index contributed by atoms with van der Waals surface area (Å²) in [4.78, 5) is 4.97. The molecule has 120 valence electrons. The van der Waals surface area contributed by atoms with Crippen molar-refractivity contribution in [3.63, 3.8) is 0 Å². The van der Waals surface area contributed by atoms with Gasteiger partial charge in [0.2, 0.25) is 0 Å². The van der Waals surface area contributed by atoms with Gasteiger partial charge in [-0.25, -0.2) is 0 Å². The smallest absolute Gasteiger partial charge is 0.131 e. The summed E-state index contributed by atoms with van der Waals surface area (Å²) in [6.07, 6.45) is 1.21. The highest BCUT2D eigenvalue weighted by Crippen LogP contribution is 2.26. The van der Waals surface area contributed by atoms with E-state index < -0.39 is 0 Å². The van der Waals surface area contributed by atoms with E-state index in [1.54, 1.807) is 0 Å². The maximum atomic E-state index is 4.67. The van der Waals surface area contributed by atoms with Crippen LogP contribution >= 0.6 is 0 Å². The van der Waals surface area contributed by atoms with Gasteiger partial charge in [0, 0.05) is 44.3 Å². The molecule has 21 heavy (non-hydrogen) atoms. The van der Waals surface area contributed by atoms with Crippen LogP contribution in [0.25, 0.3) is 0 Å². The molecule has 2 rings (SSSR count). The van der Waals surface area contributed by atoms with Crippen molar-refractivity contribution in [2.45, 2.75) is 52.7 Å². The molecule has 1 atom stereocenters. The molecule has 0 aromatic carbocycles. The molecule has 1 saturated heterocycles. The zero-order chi connectivity index (χ0) is 15.6. The summed E-state index contributed by atoms with van der Waals surface area (Å²) >= 11 is 0. The summed E-state index contributed by atoms with van der Waals surface area (Å²) in [7, 11) is 4.29. The molecule has 1 aliphatic heterocycles. The average Bonchev–Trinajstić information content (AvgIpc) is 2.54. The number of hydrogen-bond donors (Lipinski definition) is 1. The van der Waals surface area contributed by atoms with E-state index in [9.17, 15) is 0 Å². The Kier molecular flexibility index (Phi) is 5.27. The molecule has 0 bridgehead atoms. The third-order valence-corrected chi connectivity index (χ3v) is 4.32. The monoisotopic (exact) mass is 293 g/mol. The van der Waals surface area contributed by atoms with E-state index in [1.165, 1.54) is 24.3 Å². The van der Waals surface area contributed by atoms with Gasteiger partial charge in [-0.3, -0.25) is 4.68 Å². The lowest BCUT2D eigenvalue weighted by molar-refractivity contribution is 0.336. The van der Waals surface area contributed by atoms with E-state index in [0.717, 1.165) is 25.3 Å². The molecule has 1 aromatic rings. The summed E-state index contributed by atoms with van der Waals surface area (Å²) in [5.74, 6) is 1.29. The van der Waals surface area contributed by atoms with Crippen LogP contribution < -0.4 is 10.2 Å². The van der Waals surface area contributed by atoms with Gasteiger partial charge in [0.05, 0.1) is 5.69 Å². The van der Waals surface area contributed by atoms with Crippen molar-refractivity contribution >= 4 is 5.82 Å². The third-order valence-electron chi connectivity index (χ3n) is 4.32. The molecule has 1 aliphatic rings. The second-order valence-electron chi connectivity index (χ2n) is 6.70. The third kappa shape index (κ3) is 3.77. The number of rotatable bonds is 4. The zero-order valence-corrected chi connectivity index (χ0v) is 14.5. The molecule has 1 unspecified atom stereocenters. The second-order valence-corrected chi connectivity index (χ2v) is 6.70. The van der Waals surface area contributed by atoms with Gasteiger partial charge in [-0.1, -0.05) is 13.8 Å². The Balaban J connectivity index is 2.28. The number of nitrogens with zero attached hydrogens (tertiary/aromatic N) is 4. The van der Waals surface area contributed by atoms with Gasteiger partial charge in [-0.2, -0.15) is 5.10 Å². The average molecular weight is 293 g/mol. The van der Waals surface area contributed by atoms with Crippen LogP contribution in [0.2, 0.25) is 0 Å². The van der Waals surface area contributed by atoms with Gasteiger partial charge in [-0.15, -0.1) is 0 Å². The van der Waals surface area contributed by atoms with Crippen LogP contribution in [0.5, 0.6) is 0 Å². The molecule has 0 saturated carbocycles. The Morgan fingerprint density at radius 1 is 1.29 bits per heavy atom. The lowest BCUT2D eigenvalue weighted by Gasteiger charge is -2.31. The maximum absolute atomic E-state index is 4.67. The number of aromatic nitrogens is 2. The van der Waals surface area contributed by atoms with Crippen LogP contribution in [0, 0.1) is 6.92 Å². The van der Waals surface area contributed by atoms with Crippen LogP contribution in [-0.2, 0) is 13.6 Å². The molecule has 0 spiro atoms. The Bertz CT molecular complexity index is 465. The molecule has 5 nitrogen and oxygen atoms in total. The lowest BCUT2D eigenvalue weighted by atomic mass is 10.2. The highest BCUT2D eigenvalue weighted by atomic mass is 15.4. The van der Waals surface area contributed by atoms with E-state index in [4.69, 9.17) is 0 Å². The normalized spacial score (nSPS) is 21.1. The van der Waals surface area contributed by atoms with Crippen LogP contribution in [0.3, 0.4) is 0 Å². The fraction of sp³-hybridized carbons (Fsp3) is 0.812. The Hall–Kier alpha value is -1.07. The quantitative estimate of drug-likeness (QED) is 0.918. The minimum atomic E-state index is 0.491. The summed E-state index contributed by atoms with van der Waals surface area (Å²) in [6, 6.07) is 1.01. The molecule has 1 fully saturated rings. The minimum Gasteiger partial charge on any atom is -0.353 e. The highest BCUT2D eigenvalue weighted by Gasteiger charge is 2.25. The lowest BCUT2D eigenvalue weighted by Crippen LogP contribution is -2.39. The summed E-state index contributed by atoms with van der Waals surface area (Å²) in [5.41, 5.74) is 2.49.